The van der Waals surface area contributed by atoms with Gasteiger partial charge in [0, 0.05) is 5.57 Å². The largest absolute Gasteiger partial charge is 0.338 e. The Balaban J connectivity index is 1.52. The number of aromatic amines is 1. The van der Waals surface area contributed by atoms with Gasteiger partial charge in [-0.15, -0.1) is 0 Å². The number of allylic oxidation sites excluding steroid dienone is 11. The molecule has 2 aromatic rings. The predicted molar refractivity (Wildman–Crippen MR) is 146 cm³/mol. The summed E-state index contributed by atoms with van der Waals surface area (Å²) in [4.78, 5) is 11.2. The molecule has 2 N–H and O–H groups in total. The molecule has 0 amide bonds. The molecule has 0 unspecified atom stereocenters. The molecule has 0 saturated heterocycles. The van der Waals surface area contributed by atoms with E-state index < -0.39 is 5.83 Å². The number of hydrogen-bond acceptors (Lipinski definition) is 3. The lowest BCUT2D eigenvalue weighted by molar-refractivity contribution is 0.399. The lowest BCUT2D eigenvalue weighted by Gasteiger charge is -2.23. The minimum atomic E-state index is -0.424. The third-order valence-corrected chi connectivity index (χ3v) is 6.57. The maximum Gasteiger partial charge on any atom is 0.140 e. The number of nitrogens with zero attached hydrogens (tertiary/aromatic N) is 3. The van der Waals surface area contributed by atoms with Crippen LogP contribution in [0, 0.1) is 5.92 Å². The van der Waals surface area contributed by atoms with Crippen molar-refractivity contribution in [1.82, 2.24) is 9.97 Å². The van der Waals surface area contributed by atoms with Crippen molar-refractivity contribution in [2.45, 2.75) is 45.4 Å². The smallest absolute Gasteiger partial charge is 0.140 e. The zero-order valence-electron chi connectivity index (χ0n) is 20.2. The molecule has 180 valence electrons. The number of anilines is 1. The topological polar surface area (TPSA) is 65.4 Å². The maximum absolute atomic E-state index is 15.3. The van der Waals surface area contributed by atoms with E-state index in [1.54, 1.807) is 0 Å². The first-order valence-corrected chi connectivity index (χ1v) is 12.1. The first-order chi connectivity index (χ1) is 17.1. The molecule has 0 aliphatic heterocycles. The Labute approximate surface area is 206 Å². The number of aromatic nitrogens is 2. The minimum Gasteiger partial charge on any atom is -0.338 e. The molecule has 0 bridgehead atoms. The highest BCUT2D eigenvalue weighted by atomic mass is 19.1. The molecular weight excluding hydrogens is 437 g/mol. The summed E-state index contributed by atoms with van der Waals surface area (Å²) in [6, 6.07) is 5.51. The molecule has 6 heteroatoms. The van der Waals surface area contributed by atoms with Crippen LogP contribution in [0.3, 0.4) is 0 Å². The average Bonchev–Trinajstić information content (AvgIpc) is 3.16. The van der Waals surface area contributed by atoms with E-state index >= 15 is 4.39 Å². The van der Waals surface area contributed by atoms with Crippen LogP contribution in [0.25, 0.3) is 16.6 Å². The van der Waals surface area contributed by atoms with Crippen LogP contribution in [0.1, 0.15) is 51.3 Å². The van der Waals surface area contributed by atoms with Crippen molar-refractivity contribution in [2.24, 2.45) is 16.0 Å². The van der Waals surface area contributed by atoms with Crippen molar-refractivity contribution in [3.05, 3.63) is 89.6 Å². The number of halogens is 1. The standard InChI is InChI=1S/C29H32FN5/c1-4-21(23-11-8-12-24(14-13-23)22-9-6-5-7-10-22)17-26(30)20(2)29-33-27-16-15-25(18-28(27)34-29)35-32-19-31-3/h4,8,11,13-19,22,35H,2-3,5-7,9-10,12H2,1H3,(H,33,34)/b21-4+,26-17+,32-19-. The second kappa shape index (κ2) is 11.6. The second-order valence-electron chi connectivity index (χ2n) is 8.88. The van der Waals surface area contributed by atoms with Crippen molar-refractivity contribution in [1.29, 1.82) is 0 Å². The summed E-state index contributed by atoms with van der Waals surface area (Å²) in [7, 11) is 0. The lowest BCUT2D eigenvalue weighted by Crippen LogP contribution is -2.08. The average molecular weight is 470 g/mol. The van der Waals surface area contributed by atoms with Crippen LogP contribution in [-0.2, 0) is 0 Å². The quantitative estimate of drug-likeness (QED) is 0.179. The van der Waals surface area contributed by atoms with Crippen LogP contribution in [0.5, 0.6) is 0 Å². The van der Waals surface area contributed by atoms with Gasteiger partial charge >= 0.3 is 0 Å². The number of hydrogen-bond donors (Lipinski definition) is 2. The number of fused-ring (bicyclic) bond motifs is 1. The minimum absolute atomic E-state index is 0.209. The summed E-state index contributed by atoms with van der Waals surface area (Å²) in [5.74, 6) is 0.647. The van der Waals surface area contributed by atoms with Gasteiger partial charge < -0.3 is 4.98 Å². The first kappa shape index (κ1) is 24.3. The van der Waals surface area contributed by atoms with Gasteiger partial charge in [0.2, 0.25) is 0 Å². The highest BCUT2D eigenvalue weighted by molar-refractivity contribution is 5.84. The summed E-state index contributed by atoms with van der Waals surface area (Å²) in [5.41, 5.74) is 8.58. The van der Waals surface area contributed by atoms with E-state index in [9.17, 15) is 0 Å². The normalized spacial score (nSPS) is 17.9. The van der Waals surface area contributed by atoms with Crippen LogP contribution >= 0.6 is 0 Å². The van der Waals surface area contributed by atoms with Crippen LogP contribution in [-0.4, -0.2) is 23.0 Å². The molecule has 2 aliphatic rings. The molecule has 0 radical (unpaired) electrons. The third kappa shape index (κ3) is 6.01. The molecular formula is C29H32FN5. The maximum atomic E-state index is 15.3. The van der Waals surface area contributed by atoms with Gasteiger partial charge in [0.05, 0.1) is 16.7 Å². The van der Waals surface area contributed by atoms with E-state index in [-0.39, 0.29) is 5.57 Å². The summed E-state index contributed by atoms with van der Waals surface area (Å²) < 4.78 is 15.3. The van der Waals surface area contributed by atoms with Gasteiger partial charge in [-0.3, -0.25) is 10.4 Å². The fraction of sp³-hybridized carbons (Fsp3) is 0.276. The monoisotopic (exact) mass is 469 g/mol. The van der Waals surface area contributed by atoms with E-state index in [2.05, 4.69) is 63.1 Å². The Hall–Kier alpha value is -3.80. The van der Waals surface area contributed by atoms with Crippen molar-refractivity contribution < 1.29 is 4.39 Å². The Kier molecular flexibility index (Phi) is 8.03. The third-order valence-electron chi connectivity index (χ3n) is 6.57. The number of hydrazone groups is 1. The van der Waals surface area contributed by atoms with Gasteiger partial charge in [-0.05, 0) is 74.2 Å². The van der Waals surface area contributed by atoms with Gasteiger partial charge in [-0.1, -0.05) is 61.8 Å². The van der Waals surface area contributed by atoms with Crippen molar-refractivity contribution in [3.8, 4) is 0 Å². The Morgan fingerprint density at radius 1 is 1.23 bits per heavy atom. The fourth-order valence-electron chi connectivity index (χ4n) is 4.65. The zero-order chi connectivity index (χ0) is 24.6. The van der Waals surface area contributed by atoms with Crippen molar-refractivity contribution in [2.75, 3.05) is 5.43 Å². The van der Waals surface area contributed by atoms with E-state index in [0.29, 0.717) is 17.3 Å². The number of rotatable bonds is 8. The highest BCUT2D eigenvalue weighted by Gasteiger charge is 2.18. The number of H-pyrrole nitrogens is 1. The van der Waals surface area contributed by atoms with Gasteiger partial charge in [-0.2, -0.15) is 5.10 Å². The summed E-state index contributed by atoms with van der Waals surface area (Å²) in [5, 5.41) is 3.91. The van der Waals surface area contributed by atoms with Crippen LogP contribution < -0.4 is 5.43 Å². The molecule has 1 aromatic heterocycles. The number of benzene rings is 1. The molecule has 2 aliphatic carbocycles. The molecule has 5 nitrogen and oxygen atoms in total. The van der Waals surface area contributed by atoms with Gasteiger partial charge in [0.15, 0.2) is 0 Å². The van der Waals surface area contributed by atoms with Gasteiger partial charge in [0.1, 0.15) is 18.0 Å². The molecule has 1 heterocycles. The van der Waals surface area contributed by atoms with Crippen LogP contribution in [0.4, 0.5) is 10.1 Å². The zero-order valence-corrected chi connectivity index (χ0v) is 20.2. The molecule has 0 atom stereocenters. The number of imidazole rings is 1. The van der Waals surface area contributed by atoms with E-state index in [4.69, 9.17) is 0 Å². The Morgan fingerprint density at radius 3 is 2.83 bits per heavy atom. The molecule has 0 spiro atoms. The van der Waals surface area contributed by atoms with Gasteiger partial charge in [0.25, 0.3) is 0 Å². The summed E-state index contributed by atoms with van der Waals surface area (Å²) >= 11 is 0. The molecule has 35 heavy (non-hydrogen) atoms. The predicted octanol–water partition coefficient (Wildman–Crippen LogP) is 7.82. The fourth-order valence-corrected chi connectivity index (χ4v) is 4.65. The summed E-state index contributed by atoms with van der Waals surface area (Å²) in [6.45, 7) is 9.22. The van der Waals surface area contributed by atoms with Gasteiger partial charge in [-0.25, -0.2) is 9.37 Å². The Morgan fingerprint density at radius 2 is 2.06 bits per heavy atom. The molecule has 1 fully saturated rings. The lowest BCUT2D eigenvalue weighted by atomic mass is 9.82. The van der Waals surface area contributed by atoms with Crippen molar-refractivity contribution in [3.63, 3.8) is 0 Å². The number of aliphatic imine (C=N–C) groups is 1. The highest BCUT2D eigenvalue weighted by Crippen LogP contribution is 2.34. The number of nitrogens with one attached hydrogen (secondary N) is 2. The van der Waals surface area contributed by atoms with Crippen LogP contribution in [0.15, 0.2) is 93.9 Å². The SMILES string of the molecule is C=N/C=N\Nc1ccc2nc(C(=C)/C(F)=C\C(=C/C)C3=CC=C(C4CCCCC4)CC=C3)[nH]c2c1. The molecule has 1 aromatic carbocycles. The summed E-state index contributed by atoms with van der Waals surface area (Å²) in [6.07, 6.45) is 20.9. The first-order valence-electron chi connectivity index (χ1n) is 12.1. The second-order valence-corrected chi connectivity index (χ2v) is 8.88. The Bertz CT molecular complexity index is 1280. The van der Waals surface area contributed by atoms with E-state index in [1.807, 2.05) is 31.2 Å². The van der Waals surface area contributed by atoms with E-state index in [0.717, 1.165) is 28.8 Å². The molecule has 4 rings (SSSR count). The van der Waals surface area contributed by atoms with Crippen molar-refractivity contribution >= 4 is 35.3 Å². The van der Waals surface area contributed by atoms with E-state index in [1.165, 1.54) is 50.1 Å². The molecule has 1 saturated carbocycles. The van der Waals surface area contributed by atoms with Crippen LogP contribution in [0.2, 0.25) is 0 Å².